The molecule has 0 amide bonds. The van der Waals surface area contributed by atoms with Crippen molar-refractivity contribution in [2.45, 2.75) is 59.9 Å². The Labute approximate surface area is 125 Å². The van der Waals surface area contributed by atoms with Crippen LogP contribution in [-0.4, -0.2) is 6.04 Å². The number of hydrogen-bond donors (Lipinski definition) is 1. The van der Waals surface area contributed by atoms with E-state index in [9.17, 15) is 0 Å². The van der Waals surface area contributed by atoms with Gasteiger partial charge in [-0.1, -0.05) is 68.8 Å². The Kier molecular flexibility index (Phi) is 9.75. The maximum atomic E-state index is 5.78. The lowest BCUT2D eigenvalue weighted by atomic mass is 9.88. The summed E-state index contributed by atoms with van der Waals surface area (Å²) in [6.07, 6.45) is 7.52. The third kappa shape index (κ3) is 6.21. The van der Waals surface area contributed by atoms with Crippen LogP contribution in [0.4, 0.5) is 0 Å². The maximum absolute atomic E-state index is 5.78. The van der Waals surface area contributed by atoms with Crippen molar-refractivity contribution in [3.8, 4) is 0 Å². The van der Waals surface area contributed by atoms with Crippen molar-refractivity contribution in [1.82, 2.24) is 0 Å². The molecule has 1 rings (SSSR count). The molecule has 0 heterocycles. The summed E-state index contributed by atoms with van der Waals surface area (Å²) in [5.41, 5.74) is 9.81. The number of benzene rings is 1. The zero-order chi connectivity index (χ0) is 15.5. The van der Waals surface area contributed by atoms with E-state index in [4.69, 9.17) is 5.73 Å². The molecular formula is C19H31N. The molecule has 2 unspecified atom stereocenters. The minimum absolute atomic E-state index is 0.107. The van der Waals surface area contributed by atoms with E-state index in [0.717, 1.165) is 6.42 Å². The largest absolute Gasteiger partial charge is 0.325 e. The first-order chi connectivity index (χ1) is 9.58. The van der Waals surface area contributed by atoms with Gasteiger partial charge >= 0.3 is 0 Å². The van der Waals surface area contributed by atoms with Gasteiger partial charge in [-0.2, -0.15) is 0 Å². The fourth-order valence-electron chi connectivity index (χ4n) is 2.14. The van der Waals surface area contributed by atoms with Crippen molar-refractivity contribution in [3.05, 3.63) is 59.2 Å². The van der Waals surface area contributed by atoms with Crippen LogP contribution in [0.25, 0.3) is 0 Å². The molecule has 20 heavy (non-hydrogen) atoms. The molecule has 0 saturated heterocycles. The number of allylic oxidation sites excluding steroid dienone is 3. The third-order valence-electron chi connectivity index (χ3n) is 3.22. The Hall–Kier alpha value is -1.34. The van der Waals surface area contributed by atoms with Crippen LogP contribution in [0.15, 0.2) is 48.1 Å². The summed E-state index contributed by atoms with van der Waals surface area (Å²) >= 11 is 0. The molecule has 0 radical (unpaired) electrons. The summed E-state index contributed by atoms with van der Waals surface area (Å²) in [6, 6.07) is 8.93. The van der Waals surface area contributed by atoms with Gasteiger partial charge in [0.1, 0.15) is 0 Å². The van der Waals surface area contributed by atoms with Gasteiger partial charge in [0, 0.05) is 12.0 Å². The lowest BCUT2D eigenvalue weighted by molar-refractivity contribution is 0.772. The molecule has 0 spiro atoms. The highest BCUT2D eigenvalue weighted by Gasteiger charge is 2.11. The van der Waals surface area contributed by atoms with E-state index in [2.05, 4.69) is 63.3 Å². The van der Waals surface area contributed by atoms with Gasteiger partial charge in [0.2, 0.25) is 0 Å². The van der Waals surface area contributed by atoms with Crippen molar-refractivity contribution < 1.29 is 0 Å². The van der Waals surface area contributed by atoms with E-state index in [1.165, 1.54) is 16.7 Å². The highest BCUT2D eigenvalue weighted by Crippen LogP contribution is 2.28. The Morgan fingerprint density at radius 1 is 1.20 bits per heavy atom. The average Bonchev–Trinajstić information content (AvgIpc) is 2.46. The van der Waals surface area contributed by atoms with Crippen molar-refractivity contribution in [2.75, 3.05) is 0 Å². The zero-order valence-corrected chi connectivity index (χ0v) is 14.0. The number of nitrogens with two attached hydrogens (primary N) is 1. The van der Waals surface area contributed by atoms with Gasteiger partial charge in [0.25, 0.3) is 0 Å². The molecule has 1 heteroatoms. The van der Waals surface area contributed by atoms with Crippen LogP contribution < -0.4 is 5.73 Å². The first kappa shape index (κ1) is 18.7. The Morgan fingerprint density at radius 2 is 1.75 bits per heavy atom. The third-order valence-corrected chi connectivity index (χ3v) is 3.22. The minimum Gasteiger partial charge on any atom is -0.325 e. The fourth-order valence-corrected chi connectivity index (χ4v) is 2.14. The van der Waals surface area contributed by atoms with Crippen molar-refractivity contribution in [2.24, 2.45) is 5.73 Å². The molecule has 2 N–H and O–H groups in total. The second kappa shape index (κ2) is 10.4. The summed E-state index contributed by atoms with van der Waals surface area (Å²) in [7, 11) is 0. The number of rotatable bonds is 5. The van der Waals surface area contributed by atoms with E-state index in [-0.39, 0.29) is 6.04 Å². The van der Waals surface area contributed by atoms with Crippen LogP contribution in [0.3, 0.4) is 0 Å². The molecule has 0 fully saturated rings. The van der Waals surface area contributed by atoms with Gasteiger partial charge in [-0.15, -0.1) is 0 Å². The highest BCUT2D eigenvalue weighted by molar-refractivity contribution is 5.36. The topological polar surface area (TPSA) is 26.0 Å². The van der Waals surface area contributed by atoms with Gasteiger partial charge in [0.05, 0.1) is 0 Å². The Balaban J connectivity index is 0.00000172. The van der Waals surface area contributed by atoms with Gasteiger partial charge in [-0.25, -0.2) is 0 Å². The van der Waals surface area contributed by atoms with Crippen molar-refractivity contribution >= 4 is 0 Å². The molecule has 0 aromatic heterocycles. The van der Waals surface area contributed by atoms with E-state index < -0.39 is 0 Å². The SMILES string of the molecule is C/C=C(\C=C/C(C)N)C(CC)c1ccc(C)cc1.CC. The molecule has 1 aromatic carbocycles. The maximum Gasteiger partial charge on any atom is 0.0197 e. The normalized spacial score (nSPS) is 14.7. The number of hydrogen-bond acceptors (Lipinski definition) is 1. The van der Waals surface area contributed by atoms with Crippen LogP contribution in [0.5, 0.6) is 0 Å². The smallest absolute Gasteiger partial charge is 0.0197 e. The molecule has 2 atom stereocenters. The molecule has 0 saturated carbocycles. The second-order valence-corrected chi connectivity index (χ2v) is 4.88. The summed E-state index contributed by atoms with van der Waals surface area (Å²) in [4.78, 5) is 0. The monoisotopic (exact) mass is 273 g/mol. The van der Waals surface area contributed by atoms with Crippen LogP contribution in [0, 0.1) is 6.92 Å². The first-order valence-electron chi connectivity index (χ1n) is 7.75. The molecule has 0 bridgehead atoms. The van der Waals surface area contributed by atoms with E-state index in [1.54, 1.807) is 0 Å². The summed E-state index contributed by atoms with van der Waals surface area (Å²) < 4.78 is 0. The summed E-state index contributed by atoms with van der Waals surface area (Å²) in [5, 5.41) is 0. The predicted molar refractivity (Wildman–Crippen MR) is 92.1 cm³/mol. The zero-order valence-electron chi connectivity index (χ0n) is 14.0. The van der Waals surface area contributed by atoms with Crippen molar-refractivity contribution in [3.63, 3.8) is 0 Å². The lowest BCUT2D eigenvalue weighted by Gasteiger charge is -2.17. The molecule has 0 aliphatic heterocycles. The summed E-state index contributed by atoms with van der Waals surface area (Å²) in [6.45, 7) is 12.4. The van der Waals surface area contributed by atoms with Gasteiger partial charge in [-0.3, -0.25) is 0 Å². The molecule has 0 aliphatic carbocycles. The second-order valence-electron chi connectivity index (χ2n) is 4.88. The standard InChI is InChI=1S/C17H25N.C2H6/c1-5-15(12-9-14(4)18)17(6-2)16-10-7-13(3)8-11-16;1-2/h5,7-12,14,17H,6,18H2,1-4H3;1-2H3/b12-9-,15-5+;. The van der Waals surface area contributed by atoms with E-state index >= 15 is 0 Å². The van der Waals surface area contributed by atoms with E-state index in [1.807, 2.05) is 20.8 Å². The molecule has 112 valence electrons. The fraction of sp³-hybridized carbons (Fsp3) is 0.474. The predicted octanol–water partition coefficient (Wildman–Crippen LogP) is 5.36. The molecule has 0 aliphatic rings. The quantitative estimate of drug-likeness (QED) is 0.718. The van der Waals surface area contributed by atoms with Crippen LogP contribution in [-0.2, 0) is 0 Å². The van der Waals surface area contributed by atoms with Crippen LogP contribution >= 0.6 is 0 Å². The summed E-state index contributed by atoms with van der Waals surface area (Å²) in [5.74, 6) is 0.464. The Bertz CT molecular complexity index is 410. The molecular weight excluding hydrogens is 242 g/mol. The average molecular weight is 273 g/mol. The lowest BCUT2D eigenvalue weighted by Crippen LogP contribution is -2.11. The van der Waals surface area contributed by atoms with Crippen LogP contribution in [0.2, 0.25) is 0 Å². The van der Waals surface area contributed by atoms with Crippen molar-refractivity contribution in [1.29, 1.82) is 0 Å². The number of aryl methyl sites for hydroxylation is 1. The molecule has 1 aromatic rings. The van der Waals surface area contributed by atoms with E-state index in [0.29, 0.717) is 5.92 Å². The van der Waals surface area contributed by atoms with Gasteiger partial charge in [0.15, 0.2) is 0 Å². The first-order valence-corrected chi connectivity index (χ1v) is 7.75. The van der Waals surface area contributed by atoms with Crippen LogP contribution in [0.1, 0.15) is 58.1 Å². The molecule has 1 nitrogen and oxygen atoms in total. The minimum atomic E-state index is 0.107. The highest BCUT2D eigenvalue weighted by atomic mass is 14.6. The van der Waals surface area contributed by atoms with Gasteiger partial charge < -0.3 is 5.73 Å². The Morgan fingerprint density at radius 3 is 2.15 bits per heavy atom. The van der Waals surface area contributed by atoms with Gasteiger partial charge in [-0.05, 0) is 38.3 Å².